The van der Waals surface area contributed by atoms with Crippen LogP contribution in [0.15, 0.2) is 0 Å². The smallest absolute Gasteiger partial charge is 0.197 e. The van der Waals surface area contributed by atoms with E-state index in [1.165, 1.54) is 0 Å². The third kappa shape index (κ3) is 0.971. The van der Waals surface area contributed by atoms with Crippen LogP contribution >= 0.6 is 0 Å². The lowest BCUT2D eigenvalue weighted by Crippen LogP contribution is -2.09. The van der Waals surface area contributed by atoms with Crippen LogP contribution in [-0.4, -0.2) is 0 Å². The average molecular weight is 216 g/mol. The molecule has 0 saturated heterocycles. The maximum Gasteiger partial charge on any atom is 0.197 e. The number of benzene rings is 1. The zero-order valence-electron chi connectivity index (χ0n) is 7.79. The Bertz CT molecular complexity index is 412. The molecule has 1 saturated carbocycles. The highest BCUT2D eigenvalue weighted by Gasteiger charge is 2.43. The van der Waals surface area contributed by atoms with Gasteiger partial charge in [-0.15, -0.1) is 0 Å². The minimum atomic E-state index is -1.67. The lowest BCUT2D eigenvalue weighted by Gasteiger charge is -2.17. The molecule has 1 aromatic carbocycles. The van der Waals surface area contributed by atoms with Crippen molar-refractivity contribution in [2.24, 2.45) is 0 Å². The Morgan fingerprint density at radius 3 is 1.47 bits per heavy atom. The van der Waals surface area contributed by atoms with Gasteiger partial charge in [0.15, 0.2) is 23.3 Å². The fourth-order valence-electron chi connectivity index (χ4n) is 2.97. The summed E-state index contributed by atoms with van der Waals surface area (Å²) < 4.78 is 52.8. The number of hydrogen-bond donors (Lipinski definition) is 0. The molecule has 1 aromatic rings. The second kappa shape index (κ2) is 2.74. The van der Waals surface area contributed by atoms with Gasteiger partial charge >= 0.3 is 0 Å². The molecule has 0 spiro atoms. The lowest BCUT2D eigenvalue weighted by molar-refractivity contribution is 0.394. The van der Waals surface area contributed by atoms with Crippen LogP contribution in [0.1, 0.15) is 42.2 Å². The predicted octanol–water partition coefficient (Wildman–Crippen LogP) is 3.61. The van der Waals surface area contributed by atoms with Crippen molar-refractivity contribution in [3.8, 4) is 0 Å². The van der Waals surface area contributed by atoms with Gasteiger partial charge in [-0.2, -0.15) is 0 Å². The van der Waals surface area contributed by atoms with Gasteiger partial charge in [0, 0.05) is 11.1 Å². The molecular formula is C11H8F4. The van der Waals surface area contributed by atoms with Crippen molar-refractivity contribution in [1.82, 2.24) is 0 Å². The minimum Gasteiger partial charge on any atom is -0.203 e. The molecule has 3 rings (SSSR count). The molecule has 2 bridgehead atoms. The van der Waals surface area contributed by atoms with Gasteiger partial charge in [-0.25, -0.2) is 17.6 Å². The highest BCUT2D eigenvalue weighted by molar-refractivity contribution is 5.44. The van der Waals surface area contributed by atoms with Crippen LogP contribution in [0.2, 0.25) is 0 Å². The van der Waals surface area contributed by atoms with Crippen LogP contribution in [0.3, 0.4) is 0 Å². The molecule has 0 nitrogen and oxygen atoms in total. The fraction of sp³-hybridized carbons (Fsp3) is 0.455. The van der Waals surface area contributed by atoms with E-state index in [2.05, 4.69) is 0 Å². The summed E-state index contributed by atoms with van der Waals surface area (Å²) in [4.78, 5) is 0. The van der Waals surface area contributed by atoms with Gasteiger partial charge in [0.05, 0.1) is 0 Å². The maximum absolute atomic E-state index is 13.4. The van der Waals surface area contributed by atoms with E-state index in [0.717, 1.165) is 12.8 Å². The first kappa shape index (κ1) is 9.19. The van der Waals surface area contributed by atoms with Crippen molar-refractivity contribution in [3.05, 3.63) is 34.4 Å². The first-order chi connectivity index (χ1) is 7.11. The van der Waals surface area contributed by atoms with E-state index in [9.17, 15) is 17.6 Å². The van der Waals surface area contributed by atoms with Crippen molar-refractivity contribution >= 4 is 0 Å². The zero-order chi connectivity index (χ0) is 10.7. The average Bonchev–Trinajstić information content (AvgIpc) is 2.82. The first-order valence-corrected chi connectivity index (χ1v) is 4.97. The molecule has 2 unspecified atom stereocenters. The molecule has 0 aromatic heterocycles. The van der Waals surface area contributed by atoms with Gasteiger partial charge in [-0.1, -0.05) is 0 Å². The molecule has 2 atom stereocenters. The van der Waals surface area contributed by atoms with Gasteiger partial charge in [-0.05, 0) is 31.1 Å². The molecular weight excluding hydrogens is 208 g/mol. The topological polar surface area (TPSA) is 0 Å². The van der Waals surface area contributed by atoms with Crippen molar-refractivity contribution in [3.63, 3.8) is 0 Å². The van der Waals surface area contributed by atoms with Crippen molar-refractivity contribution in [2.75, 3.05) is 0 Å². The van der Waals surface area contributed by atoms with E-state index in [1.54, 1.807) is 0 Å². The Morgan fingerprint density at radius 1 is 0.667 bits per heavy atom. The molecule has 2 aliphatic carbocycles. The third-order valence-electron chi connectivity index (χ3n) is 3.59. The normalized spacial score (nSPS) is 27.2. The van der Waals surface area contributed by atoms with E-state index in [0.29, 0.717) is 6.42 Å². The van der Waals surface area contributed by atoms with Crippen molar-refractivity contribution in [2.45, 2.75) is 31.1 Å². The van der Waals surface area contributed by atoms with E-state index < -0.39 is 23.3 Å². The summed E-state index contributed by atoms with van der Waals surface area (Å²) in [6.45, 7) is 0. The summed E-state index contributed by atoms with van der Waals surface area (Å²) >= 11 is 0. The van der Waals surface area contributed by atoms with E-state index in [4.69, 9.17) is 0 Å². The highest BCUT2D eigenvalue weighted by atomic mass is 19.2. The largest absolute Gasteiger partial charge is 0.203 e. The summed E-state index contributed by atoms with van der Waals surface area (Å²) in [6.07, 6.45) is 2.13. The second-order valence-corrected chi connectivity index (χ2v) is 4.29. The number of halogens is 4. The summed E-state index contributed by atoms with van der Waals surface area (Å²) in [6, 6.07) is 0. The highest BCUT2D eigenvalue weighted by Crippen LogP contribution is 2.55. The molecule has 0 heterocycles. The van der Waals surface area contributed by atoms with Crippen LogP contribution in [0.25, 0.3) is 0 Å². The van der Waals surface area contributed by atoms with E-state index in [1.807, 2.05) is 0 Å². The molecule has 0 amide bonds. The summed E-state index contributed by atoms with van der Waals surface area (Å²) in [5.41, 5.74) is 0.172. The molecule has 0 N–H and O–H groups in total. The molecule has 0 radical (unpaired) electrons. The van der Waals surface area contributed by atoms with E-state index in [-0.39, 0.29) is 23.0 Å². The van der Waals surface area contributed by atoms with Crippen LogP contribution < -0.4 is 0 Å². The molecule has 1 fully saturated rings. The number of fused-ring (bicyclic) bond motifs is 5. The number of rotatable bonds is 0. The maximum atomic E-state index is 13.4. The summed E-state index contributed by atoms with van der Waals surface area (Å²) in [5.74, 6) is -5.94. The lowest BCUT2D eigenvalue weighted by atomic mass is 9.90. The van der Waals surface area contributed by atoms with Gasteiger partial charge < -0.3 is 0 Å². The molecule has 2 aliphatic rings. The van der Waals surface area contributed by atoms with Gasteiger partial charge in [-0.3, -0.25) is 0 Å². The summed E-state index contributed by atoms with van der Waals surface area (Å²) in [5, 5.41) is 0. The quantitative estimate of drug-likeness (QED) is 0.353. The van der Waals surface area contributed by atoms with Crippen LogP contribution in [0, 0.1) is 23.3 Å². The van der Waals surface area contributed by atoms with Crippen molar-refractivity contribution in [1.29, 1.82) is 0 Å². The Labute approximate surface area is 83.9 Å². The monoisotopic (exact) mass is 216 g/mol. The Morgan fingerprint density at radius 2 is 1.07 bits per heavy atom. The number of hydrogen-bond acceptors (Lipinski definition) is 0. The Kier molecular flexibility index (Phi) is 1.68. The minimum absolute atomic E-state index is 0.0858. The zero-order valence-corrected chi connectivity index (χ0v) is 7.79. The standard InChI is InChI=1S/C11H8F4/c12-8-6-4-1-2-5(3-4)7(6)9(13)11(15)10(8)14/h4-5H,1-3H2. The van der Waals surface area contributed by atoms with Gasteiger partial charge in [0.2, 0.25) is 0 Å². The fourth-order valence-corrected chi connectivity index (χ4v) is 2.97. The van der Waals surface area contributed by atoms with Crippen LogP contribution in [-0.2, 0) is 0 Å². The van der Waals surface area contributed by atoms with Crippen molar-refractivity contribution < 1.29 is 17.6 Å². The summed E-state index contributed by atoms with van der Waals surface area (Å²) in [7, 11) is 0. The Balaban J connectivity index is 2.36. The Hall–Kier alpha value is -1.06. The predicted molar refractivity (Wildman–Crippen MR) is 45.6 cm³/mol. The van der Waals surface area contributed by atoms with Gasteiger partial charge in [0.25, 0.3) is 0 Å². The first-order valence-electron chi connectivity index (χ1n) is 4.97. The van der Waals surface area contributed by atoms with Crippen LogP contribution in [0.4, 0.5) is 17.6 Å². The van der Waals surface area contributed by atoms with Crippen LogP contribution in [0.5, 0.6) is 0 Å². The van der Waals surface area contributed by atoms with Gasteiger partial charge in [0.1, 0.15) is 0 Å². The molecule has 4 heteroatoms. The second-order valence-electron chi connectivity index (χ2n) is 4.29. The molecule has 80 valence electrons. The SMILES string of the molecule is Fc1c(F)c(F)c2c(c1F)C1CCC2C1. The molecule has 0 aliphatic heterocycles. The third-order valence-corrected chi connectivity index (χ3v) is 3.59. The molecule has 15 heavy (non-hydrogen) atoms. The van der Waals surface area contributed by atoms with E-state index >= 15 is 0 Å².